The van der Waals surface area contributed by atoms with Crippen molar-refractivity contribution < 1.29 is 28.6 Å². The number of ether oxygens (including phenoxy) is 3. The Balaban J connectivity index is 1.36. The molecule has 0 aliphatic carbocycles. The predicted molar refractivity (Wildman–Crippen MR) is 171 cm³/mol. The van der Waals surface area contributed by atoms with Crippen molar-refractivity contribution in [1.82, 2.24) is 13.1 Å². The van der Waals surface area contributed by atoms with Gasteiger partial charge in [-0.05, 0) is 57.4 Å². The van der Waals surface area contributed by atoms with Crippen LogP contribution in [0, 0.1) is 0 Å². The molecule has 226 valence electrons. The Bertz CT molecular complexity index is 1890. The lowest BCUT2D eigenvalue weighted by Gasteiger charge is -2.13. The van der Waals surface area contributed by atoms with E-state index in [1.807, 2.05) is 0 Å². The molecule has 0 bridgehead atoms. The molecule has 5 aromatic rings. The molecule has 0 radical (unpaired) electrons. The molecule has 44 heavy (non-hydrogen) atoms. The fourth-order valence-corrected chi connectivity index (χ4v) is 6.44. The van der Waals surface area contributed by atoms with Crippen LogP contribution in [-0.2, 0) is 22.7 Å². The van der Waals surface area contributed by atoms with Crippen molar-refractivity contribution in [3.8, 4) is 16.9 Å². The van der Waals surface area contributed by atoms with E-state index in [0.29, 0.717) is 22.3 Å². The Kier molecular flexibility index (Phi) is 10.7. The Morgan fingerprint density at radius 2 is 1.02 bits per heavy atom. The van der Waals surface area contributed by atoms with E-state index in [4.69, 9.17) is 83.8 Å². The maximum atomic E-state index is 13.0. The van der Waals surface area contributed by atoms with Crippen LogP contribution in [0.25, 0.3) is 11.1 Å². The Labute approximate surface area is 290 Å². The van der Waals surface area contributed by atoms with Gasteiger partial charge >= 0.3 is 17.9 Å². The van der Waals surface area contributed by atoms with Gasteiger partial charge in [-0.25, -0.2) is 14.4 Å². The van der Waals surface area contributed by atoms with E-state index in [0.717, 1.165) is 34.6 Å². The smallest absolute Gasteiger partial charge is 0.365 e. The Morgan fingerprint density at radius 3 is 1.48 bits per heavy atom. The summed E-state index contributed by atoms with van der Waals surface area (Å²) in [5.74, 6) is -2.22. The highest BCUT2D eigenvalue weighted by Gasteiger charge is 2.23. The molecule has 0 fully saturated rings. The first kappa shape index (κ1) is 32.9. The highest BCUT2D eigenvalue weighted by atomic mass is 35.5. The number of aromatic nitrogens is 3. The summed E-state index contributed by atoms with van der Waals surface area (Å²) in [5, 5.41) is 0.00188. The summed E-state index contributed by atoms with van der Waals surface area (Å²) >= 11 is 38.4. The number of esters is 3. The Morgan fingerprint density at radius 1 is 0.591 bits per heavy atom. The van der Waals surface area contributed by atoms with Gasteiger partial charge in [0.1, 0.15) is 47.0 Å². The number of carbonyl (C=O) groups is 3. The van der Waals surface area contributed by atoms with Gasteiger partial charge in [0, 0.05) is 5.56 Å². The molecule has 0 aliphatic heterocycles. The van der Waals surface area contributed by atoms with Crippen molar-refractivity contribution in [2.45, 2.75) is 13.2 Å². The van der Waals surface area contributed by atoms with E-state index in [-0.39, 0.29) is 64.1 Å². The van der Waals surface area contributed by atoms with Crippen LogP contribution in [0.15, 0.2) is 42.5 Å². The molecule has 0 unspecified atom stereocenters. The molecule has 5 rings (SSSR count). The van der Waals surface area contributed by atoms with Gasteiger partial charge in [0.2, 0.25) is 0 Å². The average molecular weight is 770 g/mol. The molecule has 3 aromatic heterocycles. The highest BCUT2D eigenvalue weighted by Crippen LogP contribution is 2.35. The standard InChI is InChI=1S/C26H11Cl6N3O6S3/c27-15-18(33-42-21(15)30)24(36)39-8-10-1-4-12(5-2-10)13-6-3-11(9-40-25(37)19-16(28)22(31)43-34-19)7-14(13)41-26(38)20-17(29)23(32)44-35-20/h1-7H,8-9H2. The SMILES string of the molecule is O=C(OCc1ccc(-c2ccc(COC(=O)c3nsc(Cl)c3Cl)cc2OC(=O)c2nsc(Cl)c2Cl)cc1)c1nsc(Cl)c1Cl. The first-order valence-corrected chi connectivity index (χ1v) is 16.3. The summed E-state index contributed by atoms with van der Waals surface area (Å²) in [6.07, 6.45) is 0. The van der Waals surface area contributed by atoms with Crippen LogP contribution in [0.2, 0.25) is 28.1 Å². The molecule has 0 amide bonds. The first-order valence-electron chi connectivity index (χ1n) is 11.7. The second kappa shape index (κ2) is 14.3. The van der Waals surface area contributed by atoms with Crippen molar-refractivity contribution >= 4 is 122 Å². The van der Waals surface area contributed by atoms with Crippen LogP contribution >= 0.6 is 104 Å². The molecule has 0 N–H and O–H groups in total. The van der Waals surface area contributed by atoms with Gasteiger partial charge in [-0.1, -0.05) is 106 Å². The minimum Gasteiger partial charge on any atom is -0.456 e. The van der Waals surface area contributed by atoms with E-state index in [9.17, 15) is 14.4 Å². The summed E-state index contributed by atoms with van der Waals surface area (Å²) in [7, 11) is 0. The maximum absolute atomic E-state index is 13.0. The van der Waals surface area contributed by atoms with Gasteiger partial charge in [-0.2, -0.15) is 13.1 Å². The largest absolute Gasteiger partial charge is 0.456 e. The van der Waals surface area contributed by atoms with E-state index < -0.39 is 17.9 Å². The van der Waals surface area contributed by atoms with Crippen molar-refractivity contribution in [1.29, 1.82) is 0 Å². The van der Waals surface area contributed by atoms with Crippen LogP contribution in [-0.4, -0.2) is 31.0 Å². The summed E-state index contributed by atoms with van der Waals surface area (Å²) in [4.78, 5) is 37.8. The van der Waals surface area contributed by atoms with Crippen LogP contribution < -0.4 is 4.74 Å². The van der Waals surface area contributed by atoms with Gasteiger partial charge in [0.15, 0.2) is 17.1 Å². The van der Waals surface area contributed by atoms with Crippen molar-refractivity contribution in [2.75, 3.05) is 0 Å². The number of rotatable bonds is 9. The van der Waals surface area contributed by atoms with E-state index in [1.54, 1.807) is 36.4 Å². The molecule has 0 saturated carbocycles. The molecule has 0 spiro atoms. The fraction of sp³-hybridized carbons (Fsp3) is 0.0769. The lowest BCUT2D eigenvalue weighted by atomic mass is 10.0. The zero-order valence-corrected chi connectivity index (χ0v) is 28.2. The number of carbonyl (C=O) groups excluding carboxylic acids is 3. The summed E-state index contributed by atoms with van der Waals surface area (Å²) in [6, 6.07) is 11.8. The molecule has 3 heterocycles. The predicted octanol–water partition coefficient (Wildman–Crippen LogP) is 9.58. The van der Waals surface area contributed by atoms with E-state index in [2.05, 4.69) is 13.1 Å². The van der Waals surface area contributed by atoms with Crippen molar-refractivity contribution in [3.63, 3.8) is 0 Å². The van der Waals surface area contributed by atoms with Crippen LogP contribution in [0.1, 0.15) is 42.6 Å². The molecule has 9 nitrogen and oxygen atoms in total. The second-order valence-corrected chi connectivity index (χ2v) is 13.7. The zero-order chi connectivity index (χ0) is 31.5. The maximum Gasteiger partial charge on any atom is 0.365 e. The minimum atomic E-state index is -0.846. The van der Waals surface area contributed by atoms with Crippen molar-refractivity contribution in [2.24, 2.45) is 0 Å². The summed E-state index contributed by atoms with van der Waals surface area (Å²) in [5.41, 5.74) is 1.97. The summed E-state index contributed by atoms with van der Waals surface area (Å²) in [6.45, 7) is -0.259. The van der Waals surface area contributed by atoms with Gasteiger partial charge in [-0.3, -0.25) is 0 Å². The van der Waals surface area contributed by atoms with E-state index in [1.165, 1.54) is 6.07 Å². The lowest BCUT2D eigenvalue weighted by Crippen LogP contribution is -2.11. The fourth-order valence-electron chi connectivity index (χ4n) is 3.50. The van der Waals surface area contributed by atoms with Crippen LogP contribution in [0.4, 0.5) is 0 Å². The minimum absolute atomic E-state index is 0.0000228. The third-order valence-corrected chi connectivity index (χ3v) is 10.5. The lowest BCUT2D eigenvalue weighted by molar-refractivity contribution is 0.0458. The van der Waals surface area contributed by atoms with Crippen LogP contribution in [0.3, 0.4) is 0 Å². The number of hydrogen-bond donors (Lipinski definition) is 0. The molecule has 2 aromatic carbocycles. The van der Waals surface area contributed by atoms with E-state index >= 15 is 0 Å². The number of halogens is 6. The van der Waals surface area contributed by atoms with Gasteiger partial charge in [0.05, 0.1) is 0 Å². The Hall–Kier alpha value is -2.52. The number of hydrogen-bond acceptors (Lipinski definition) is 12. The zero-order valence-electron chi connectivity index (χ0n) is 21.2. The molecule has 0 atom stereocenters. The normalized spacial score (nSPS) is 11.0. The first-order chi connectivity index (χ1) is 21.0. The van der Waals surface area contributed by atoms with Gasteiger partial charge < -0.3 is 14.2 Å². The van der Waals surface area contributed by atoms with Crippen LogP contribution in [0.5, 0.6) is 5.75 Å². The molecular formula is C26H11Cl6N3O6S3. The third kappa shape index (κ3) is 7.30. The van der Waals surface area contributed by atoms with Crippen molar-refractivity contribution in [3.05, 3.63) is 98.8 Å². The average Bonchev–Trinajstić information content (AvgIpc) is 3.66. The number of benzene rings is 2. The highest BCUT2D eigenvalue weighted by molar-refractivity contribution is 7.12. The van der Waals surface area contributed by atoms with Gasteiger partial charge in [0.25, 0.3) is 0 Å². The topological polar surface area (TPSA) is 118 Å². The molecular weight excluding hydrogens is 759 g/mol. The molecule has 0 aliphatic rings. The monoisotopic (exact) mass is 767 g/mol. The van der Waals surface area contributed by atoms with Gasteiger partial charge in [-0.15, -0.1) is 0 Å². The third-order valence-electron chi connectivity index (χ3n) is 5.63. The number of nitrogens with zero attached hydrogens (tertiary/aromatic N) is 3. The summed E-state index contributed by atoms with van der Waals surface area (Å²) < 4.78 is 28.6. The quantitative estimate of drug-likeness (QED) is 0.107. The molecule has 0 saturated heterocycles. The second-order valence-electron chi connectivity index (χ2n) is 8.43. The molecule has 18 heteroatoms.